The van der Waals surface area contributed by atoms with Crippen molar-refractivity contribution in [2.75, 3.05) is 39.5 Å². The van der Waals surface area contributed by atoms with Crippen LogP contribution < -0.4 is 16.0 Å². The molecule has 7 N–H and O–H groups in total. The molecule has 0 amide bonds. The van der Waals surface area contributed by atoms with Crippen molar-refractivity contribution in [3.8, 4) is 5.75 Å². The molecule has 162 valence electrons. The first-order chi connectivity index (χ1) is 13.6. The minimum atomic E-state index is -0.0726. The average molecular weight is 398 g/mol. The van der Waals surface area contributed by atoms with Crippen LogP contribution in [0.15, 0.2) is 12.1 Å². The van der Waals surface area contributed by atoms with Gasteiger partial charge in [0.15, 0.2) is 0 Å². The van der Waals surface area contributed by atoms with Crippen molar-refractivity contribution < 1.29 is 20.4 Å². The van der Waals surface area contributed by atoms with Gasteiger partial charge in [0.2, 0.25) is 0 Å². The van der Waals surface area contributed by atoms with E-state index in [0.29, 0.717) is 19.6 Å². The summed E-state index contributed by atoms with van der Waals surface area (Å²) >= 11 is 0. The van der Waals surface area contributed by atoms with Gasteiger partial charge in [-0.15, -0.1) is 0 Å². The van der Waals surface area contributed by atoms with Crippen LogP contribution in [0, 0.1) is 0 Å². The van der Waals surface area contributed by atoms with Gasteiger partial charge in [0, 0.05) is 48.9 Å². The summed E-state index contributed by atoms with van der Waals surface area (Å²) in [4.78, 5) is 0. The third kappa shape index (κ3) is 6.99. The Morgan fingerprint density at radius 3 is 1.36 bits per heavy atom. The lowest BCUT2D eigenvalue weighted by Gasteiger charge is -2.27. The maximum Gasteiger partial charge on any atom is 0.125 e. The summed E-state index contributed by atoms with van der Waals surface area (Å²) in [5, 5.41) is 48.6. The first kappa shape index (κ1) is 24.8. The topological polar surface area (TPSA) is 117 Å². The van der Waals surface area contributed by atoms with E-state index < -0.39 is 0 Å². The molecule has 7 heteroatoms. The smallest absolute Gasteiger partial charge is 0.125 e. The highest BCUT2D eigenvalue weighted by Crippen LogP contribution is 2.37. The molecule has 1 aromatic carbocycles. The molecular weight excluding hydrogens is 358 g/mol. The quantitative estimate of drug-likeness (QED) is 0.240. The Morgan fingerprint density at radius 1 is 0.679 bits per heavy atom. The lowest BCUT2D eigenvalue weighted by atomic mass is 9.90. The number of aliphatic hydroxyl groups is 3. The first-order valence-electron chi connectivity index (χ1n) is 10.5. The Balaban J connectivity index is 3.42. The Morgan fingerprint density at radius 2 is 1.04 bits per heavy atom. The summed E-state index contributed by atoms with van der Waals surface area (Å²) in [7, 11) is 0. The molecule has 1 rings (SSSR count). The largest absolute Gasteiger partial charge is 0.507 e. The van der Waals surface area contributed by atoms with Gasteiger partial charge in [-0.1, -0.05) is 20.8 Å². The van der Waals surface area contributed by atoms with E-state index in [2.05, 4.69) is 22.9 Å². The molecule has 0 aliphatic carbocycles. The molecule has 3 atom stereocenters. The second-order valence-electron chi connectivity index (χ2n) is 6.96. The number of rotatable bonds is 15. The van der Waals surface area contributed by atoms with Gasteiger partial charge in [0.05, 0.1) is 19.8 Å². The molecule has 0 saturated heterocycles. The summed E-state index contributed by atoms with van der Waals surface area (Å²) in [6.45, 7) is 7.74. The van der Waals surface area contributed by atoms with Gasteiger partial charge in [-0.3, -0.25) is 0 Å². The number of aromatic hydroxyl groups is 1. The van der Waals surface area contributed by atoms with Gasteiger partial charge in [0.1, 0.15) is 5.75 Å². The molecule has 0 bridgehead atoms. The number of benzene rings is 1. The lowest BCUT2D eigenvalue weighted by molar-refractivity contribution is 0.280. The van der Waals surface area contributed by atoms with E-state index in [1.165, 1.54) is 0 Å². The van der Waals surface area contributed by atoms with Crippen molar-refractivity contribution >= 4 is 0 Å². The number of hydrogen-bond acceptors (Lipinski definition) is 7. The van der Waals surface area contributed by atoms with Crippen LogP contribution in [0.2, 0.25) is 0 Å². The van der Waals surface area contributed by atoms with Crippen molar-refractivity contribution in [1.29, 1.82) is 0 Å². The molecule has 0 aliphatic rings. The predicted molar refractivity (Wildman–Crippen MR) is 112 cm³/mol. The summed E-state index contributed by atoms with van der Waals surface area (Å²) < 4.78 is 0. The second kappa shape index (κ2) is 13.9. The molecule has 0 aliphatic heterocycles. The Bertz CT molecular complexity index is 519. The fourth-order valence-electron chi connectivity index (χ4n) is 3.60. The molecule has 1 aromatic rings. The minimum Gasteiger partial charge on any atom is -0.507 e. The van der Waals surface area contributed by atoms with Crippen LogP contribution in [0.4, 0.5) is 0 Å². The van der Waals surface area contributed by atoms with Crippen LogP contribution in [-0.4, -0.2) is 59.9 Å². The standard InChI is InChI=1S/C21H39N3O4/c1-4-18(22-7-10-25)15-13-16(19(5-2)23-8-11-26)21(28)17(14-15)20(6-3)24-9-12-27/h13-14,18-20,22-28H,4-12H2,1-3H3. The minimum absolute atomic E-state index is 0.0368. The van der Waals surface area contributed by atoms with E-state index >= 15 is 0 Å². The average Bonchev–Trinajstić information content (AvgIpc) is 2.71. The first-order valence-corrected chi connectivity index (χ1v) is 10.5. The monoisotopic (exact) mass is 397 g/mol. The summed E-state index contributed by atoms with van der Waals surface area (Å²) in [6.07, 6.45) is 2.40. The van der Waals surface area contributed by atoms with Crippen molar-refractivity contribution in [3.05, 3.63) is 28.8 Å². The maximum atomic E-state index is 11.1. The van der Waals surface area contributed by atoms with Crippen LogP contribution in [0.1, 0.15) is 74.8 Å². The third-order valence-electron chi connectivity index (χ3n) is 5.08. The molecule has 0 heterocycles. The number of aliphatic hydroxyl groups excluding tert-OH is 3. The summed E-state index contributed by atoms with van der Waals surface area (Å²) in [5.41, 5.74) is 2.70. The molecule has 0 fully saturated rings. The SMILES string of the molecule is CCC(NCCO)c1cc(C(CC)NCCO)c(O)c(C(CC)NCCO)c1. The molecule has 0 saturated carbocycles. The molecule has 0 spiro atoms. The van der Waals surface area contributed by atoms with Crippen LogP contribution in [0.3, 0.4) is 0 Å². The van der Waals surface area contributed by atoms with Crippen molar-refractivity contribution in [3.63, 3.8) is 0 Å². The zero-order valence-electron chi connectivity index (χ0n) is 17.5. The fourth-order valence-corrected chi connectivity index (χ4v) is 3.60. The lowest BCUT2D eigenvalue weighted by Crippen LogP contribution is -2.28. The Hall–Kier alpha value is -1.22. The van der Waals surface area contributed by atoms with Gasteiger partial charge in [0.25, 0.3) is 0 Å². The highest BCUT2D eigenvalue weighted by Gasteiger charge is 2.23. The predicted octanol–water partition coefficient (Wildman–Crippen LogP) is 1.49. The van der Waals surface area contributed by atoms with Gasteiger partial charge in [-0.2, -0.15) is 0 Å². The number of phenolic OH excluding ortho intramolecular Hbond substituents is 1. The number of nitrogens with one attached hydrogen (secondary N) is 3. The van der Waals surface area contributed by atoms with E-state index in [4.69, 9.17) is 0 Å². The van der Waals surface area contributed by atoms with Crippen molar-refractivity contribution in [2.45, 2.75) is 58.2 Å². The van der Waals surface area contributed by atoms with Gasteiger partial charge in [-0.25, -0.2) is 0 Å². The van der Waals surface area contributed by atoms with E-state index in [1.807, 2.05) is 26.0 Å². The van der Waals surface area contributed by atoms with Crippen molar-refractivity contribution in [1.82, 2.24) is 16.0 Å². The molecule has 0 radical (unpaired) electrons. The van der Waals surface area contributed by atoms with Crippen LogP contribution in [-0.2, 0) is 0 Å². The number of phenols is 1. The van der Waals surface area contributed by atoms with E-state index in [1.54, 1.807) is 0 Å². The second-order valence-corrected chi connectivity index (χ2v) is 6.96. The summed E-state index contributed by atoms with van der Waals surface area (Å²) in [6, 6.07) is 3.97. The molecular formula is C21H39N3O4. The Kier molecular flexibility index (Phi) is 12.3. The van der Waals surface area contributed by atoms with E-state index in [0.717, 1.165) is 36.0 Å². The molecule has 7 nitrogen and oxygen atoms in total. The highest BCUT2D eigenvalue weighted by molar-refractivity contribution is 5.48. The fraction of sp³-hybridized carbons (Fsp3) is 0.714. The highest BCUT2D eigenvalue weighted by atomic mass is 16.3. The van der Waals surface area contributed by atoms with Gasteiger partial charge >= 0.3 is 0 Å². The van der Waals surface area contributed by atoms with Crippen LogP contribution >= 0.6 is 0 Å². The van der Waals surface area contributed by atoms with Crippen LogP contribution in [0.5, 0.6) is 5.75 Å². The van der Waals surface area contributed by atoms with Gasteiger partial charge in [-0.05, 0) is 37.0 Å². The van der Waals surface area contributed by atoms with Crippen LogP contribution in [0.25, 0.3) is 0 Å². The number of hydrogen-bond donors (Lipinski definition) is 7. The molecule has 0 aromatic heterocycles. The molecule has 28 heavy (non-hydrogen) atoms. The van der Waals surface area contributed by atoms with E-state index in [9.17, 15) is 20.4 Å². The van der Waals surface area contributed by atoms with Crippen molar-refractivity contribution in [2.24, 2.45) is 0 Å². The Labute approximate surface area is 169 Å². The van der Waals surface area contributed by atoms with E-state index in [-0.39, 0.29) is 43.7 Å². The summed E-state index contributed by atoms with van der Waals surface area (Å²) in [5.74, 6) is 0.260. The normalized spacial score (nSPS) is 14.8. The van der Waals surface area contributed by atoms with Gasteiger partial charge < -0.3 is 36.4 Å². The maximum absolute atomic E-state index is 11.1. The zero-order chi connectivity index (χ0) is 20.9. The zero-order valence-corrected chi connectivity index (χ0v) is 17.5. The third-order valence-corrected chi connectivity index (χ3v) is 5.08. The molecule has 3 unspecified atom stereocenters.